The molecule has 118 valence electrons. The van der Waals surface area contributed by atoms with Crippen LogP contribution in [0.2, 0.25) is 0 Å². The lowest BCUT2D eigenvalue weighted by Crippen LogP contribution is -2.24. The molecule has 1 aliphatic heterocycles. The summed E-state index contributed by atoms with van der Waals surface area (Å²) in [5, 5.41) is 6.14. The molecule has 2 aromatic carbocycles. The lowest BCUT2D eigenvalue weighted by molar-refractivity contribution is -0.130. The minimum Gasteiger partial charge on any atom is -0.496 e. The van der Waals surface area contributed by atoms with Crippen molar-refractivity contribution in [2.24, 2.45) is 5.10 Å². The normalized spacial score (nSPS) is 17.1. The van der Waals surface area contributed by atoms with E-state index in [0.29, 0.717) is 6.42 Å². The van der Waals surface area contributed by atoms with Gasteiger partial charge < -0.3 is 4.74 Å². The third kappa shape index (κ3) is 2.97. The van der Waals surface area contributed by atoms with Crippen LogP contribution in [-0.4, -0.2) is 23.7 Å². The van der Waals surface area contributed by atoms with Crippen LogP contribution in [0.4, 0.5) is 0 Å². The van der Waals surface area contributed by atoms with Crippen LogP contribution in [0.25, 0.3) is 0 Å². The molecule has 1 amide bonds. The van der Waals surface area contributed by atoms with Gasteiger partial charge in [-0.1, -0.05) is 48.0 Å². The molecule has 0 N–H and O–H groups in total. The van der Waals surface area contributed by atoms with Crippen LogP contribution in [0.5, 0.6) is 5.75 Å². The lowest BCUT2D eigenvalue weighted by atomic mass is 9.97. The molecule has 0 fully saturated rings. The van der Waals surface area contributed by atoms with Gasteiger partial charge in [0.05, 0.1) is 18.9 Å². The number of ether oxygens (including phenoxy) is 1. The summed E-state index contributed by atoms with van der Waals surface area (Å²) in [6, 6.07) is 15.9. The molecule has 4 nitrogen and oxygen atoms in total. The van der Waals surface area contributed by atoms with Crippen molar-refractivity contribution in [1.29, 1.82) is 0 Å². The number of rotatable bonds is 3. The molecule has 0 aliphatic carbocycles. The first-order valence-electron chi connectivity index (χ1n) is 7.67. The molecule has 0 spiro atoms. The first-order chi connectivity index (χ1) is 11.1. The fraction of sp³-hybridized carbons (Fsp3) is 0.263. The van der Waals surface area contributed by atoms with Gasteiger partial charge in [-0.25, -0.2) is 5.01 Å². The summed E-state index contributed by atoms with van der Waals surface area (Å²) in [6.45, 7) is 3.60. The molecule has 0 aromatic heterocycles. The van der Waals surface area contributed by atoms with Crippen LogP contribution in [0.3, 0.4) is 0 Å². The summed E-state index contributed by atoms with van der Waals surface area (Å²) in [7, 11) is 1.65. The van der Waals surface area contributed by atoms with Crippen LogP contribution >= 0.6 is 0 Å². The van der Waals surface area contributed by atoms with Crippen LogP contribution in [0, 0.1) is 6.92 Å². The second-order valence-corrected chi connectivity index (χ2v) is 5.74. The van der Waals surface area contributed by atoms with Crippen molar-refractivity contribution in [2.75, 3.05) is 7.11 Å². The summed E-state index contributed by atoms with van der Waals surface area (Å²) in [4.78, 5) is 12.1. The van der Waals surface area contributed by atoms with E-state index >= 15 is 0 Å². The highest BCUT2D eigenvalue weighted by molar-refractivity contribution is 6.03. The van der Waals surface area contributed by atoms with E-state index in [2.05, 4.69) is 24.2 Å². The number of hydrogen-bond acceptors (Lipinski definition) is 3. The molecular weight excluding hydrogens is 288 g/mol. The number of hydrazone groups is 1. The van der Waals surface area contributed by atoms with Crippen molar-refractivity contribution >= 4 is 11.6 Å². The SMILES string of the molecule is COc1ccccc1C1CC(c2cccc(C)c2)=NN1C(C)=O. The highest BCUT2D eigenvalue weighted by Gasteiger charge is 2.33. The van der Waals surface area contributed by atoms with Gasteiger partial charge in [0.2, 0.25) is 5.91 Å². The van der Waals surface area contributed by atoms with E-state index in [4.69, 9.17) is 4.74 Å². The lowest BCUT2D eigenvalue weighted by Gasteiger charge is -2.22. The van der Waals surface area contributed by atoms with Crippen molar-refractivity contribution in [3.63, 3.8) is 0 Å². The van der Waals surface area contributed by atoms with Crippen molar-refractivity contribution in [3.8, 4) is 5.75 Å². The second-order valence-electron chi connectivity index (χ2n) is 5.74. The zero-order valence-electron chi connectivity index (χ0n) is 13.6. The smallest absolute Gasteiger partial charge is 0.240 e. The second kappa shape index (κ2) is 6.24. The number of amides is 1. The van der Waals surface area contributed by atoms with Gasteiger partial charge in [-0.3, -0.25) is 4.79 Å². The van der Waals surface area contributed by atoms with E-state index in [-0.39, 0.29) is 11.9 Å². The van der Waals surface area contributed by atoms with Crippen LogP contribution in [0.15, 0.2) is 53.6 Å². The number of carbonyl (C=O) groups excluding carboxylic acids is 1. The number of nitrogens with zero attached hydrogens (tertiary/aromatic N) is 2. The van der Waals surface area contributed by atoms with E-state index in [1.54, 1.807) is 19.0 Å². The first kappa shape index (κ1) is 15.3. The molecule has 3 rings (SSSR count). The third-order valence-corrected chi connectivity index (χ3v) is 4.08. The Morgan fingerprint density at radius 3 is 2.70 bits per heavy atom. The number of benzene rings is 2. The Hall–Kier alpha value is -2.62. The van der Waals surface area contributed by atoms with Gasteiger partial charge in [-0.2, -0.15) is 5.10 Å². The topological polar surface area (TPSA) is 41.9 Å². The maximum atomic E-state index is 12.1. The average Bonchev–Trinajstić information content (AvgIpc) is 3.00. The quantitative estimate of drug-likeness (QED) is 0.867. The molecule has 0 radical (unpaired) electrons. The summed E-state index contributed by atoms with van der Waals surface area (Å²) in [6.07, 6.45) is 0.684. The Kier molecular flexibility index (Phi) is 4.15. The molecule has 2 aromatic rings. The minimum absolute atomic E-state index is 0.0661. The van der Waals surface area contributed by atoms with E-state index < -0.39 is 0 Å². The van der Waals surface area contributed by atoms with Gasteiger partial charge in [0, 0.05) is 18.9 Å². The fourth-order valence-corrected chi connectivity index (χ4v) is 2.98. The fourth-order valence-electron chi connectivity index (χ4n) is 2.98. The van der Waals surface area contributed by atoms with Crippen molar-refractivity contribution < 1.29 is 9.53 Å². The maximum absolute atomic E-state index is 12.1. The first-order valence-corrected chi connectivity index (χ1v) is 7.67. The van der Waals surface area contributed by atoms with Gasteiger partial charge in [0.1, 0.15) is 5.75 Å². The molecule has 1 heterocycles. The number of aryl methyl sites for hydroxylation is 1. The van der Waals surface area contributed by atoms with Gasteiger partial charge in [-0.15, -0.1) is 0 Å². The van der Waals surface area contributed by atoms with E-state index in [1.807, 2.05) is 36.4 Å². The summed E-state index contributed by atoms with van der Waals surface area (Å²) in [5.74, 6) is 0.716. The third-order valence-electron chi connectivity index (χ3n) is 4.08. The predicted molar refractivity (Wildman–Crippen MR) is 90.6 cm³/mol. The Bertz CT molecular complexity index is 767. The summed E-state index contributed by atoms with van der Waals surface area (Å²) >= 11 is 0. The maximum Gasteiger partial charge on any atom is 0.240 e. The Labute approximate surface area is 136 Å². The molecule has 0 saturated carbocycles. The highest BCUT2D eigenvalue weighted by Crippen LogP contribution is 2.37. The minimum atomic E-state index is -0.126. The van der Waals surface area contributed by atoms with Crippen molar-refractivity contribution in [1.82, 2.24) is 5.01 Å². The zero-order valence-corrected chi connectivity index (χ0v) is 13.6. The van der Waals surface area contributed by atoms with Crippen LogP contribution < -0.4 is 4.74 Å². The molecule has 0 bridgehead atoms. The zero-order chi connectivity index (χ0) is 16.4. The average molecular weight is 308 g/mol. The molecular formula is C19H20N2O2. The standard InChI is InChI=1S/C19H20N2O2/c1-13-7-6-8-15(11-13)17-12-18(21(20-17)14(2)22)16-9-4-5-10-19(16)23-3/h4-11,18H,12H2,1-3H3. The van der Waals surface area contributed by atoms with Gasteiger partial charge >= 0.3 is 0 Å². The monoisotopic (exact) mass is 308 g/mol. The van der Waals surface area contributed by atoms with Gasteiger partial charge in [0.25, 0.3) is 0 Å². The molecule has 1 aliphatic rings. The number of methoxy groups -OCH3 is 1. The molecule has 0 saturated heterocycles. The van der Waals surface area contributed by atoms with Gasteiger partial charge in [-0.05, 0) is 18.6 Å². The Balaban J connectivity index is 1.99. The number of hydrogen-bond donors (Lipinski definition) is 0. The molecule has 4 heteroatoms. The Morgan fingerprint density at radius 1 is 1.22 bits per heavy atom. The molecule has 1 atom stereocenters. The van der Waals surface area contributed by atoms with Crippen molar-refractivity contribution in [2.45, 2.75) is 26.3 Å². The summed E-state index contributed by atoms with van der Waals surface area (Å²) < 4.78 is 5.46. The highest BCUT2D eigenvalue weighted by atomic mass is 16.5. The molecule has 1 unspecified atom stereocenters. The van der Waals surface area contributed by atoms with E-state index in [1.165, 1.54) is 5.56 Å². The largest absolute Gasteiger partial charge is 0.496 e. The van der Waals surface area contributed by atoms with Gasteiger partial charge in [0.15, 0.2) is 0 Å². The number of carbonyl (C=O) groups is 1. The number of para-hydroxylation sites is 1. The van der Waals surface area contributed by atoms with Crippen LogP contribution in [0.1, 0.15) is 36.1 Å². The van der Waals surface area contributed by atoms with E-state index in [9.17, 15) is 4.79 Å². The predicted octanol–water partition coefficient (Wildman–Crippen LogP) is 3.70. The van der Waals surface area contributed by atoms with E-state index in [0.717, 1.165) is 22.6 Å². The molecule has 23 heavy (non-hydrogen) atoms. The van der Waals surface area contributed by atoms with Crippen LogP contribution in [-0.2, 0) is 4.79 Å². The van der Waals surface area contributed by atoms with Crippen molar-refractivity contribution in [3.05, 3.63) is 65.2 Å². The summed E-state index contributed by atoms with van der Waals surface area (Å²) in [5.41, 5.74) is 4.16. The Morgan fingerprint density at radius 2 is 2.00 bits per heavy atom.